The number of amides is 1. The number of rotatable bonds is 4. The van der Waals surface area contributed by atoms with Crippen LogP contribution in [0.2, 0.25) is 0 Å². The van der Waals surface area contributed by atoms with Crippen molar-refractivity contribution in [3.8, 4) is 0 Å². The average molecular weight is 307 g/mol. The van der Waals surface area contributed by atoms with Crippen LogP contribution in [-0.2, 0) is 4.79 Å². The largest absolute Gasteiger partial charge is 0.342 e. The molecule has 3 saturated heterocycles. The summed E-state index contributed by atoms with van der Waals surface area (Å²) in [5, 5.41) is 0. The van der Waals surface area contributed by atoms with E-state index in [1.807, 2.05) is 0 Å². The predicted molar refractivity (Wildman–Crippen MR) is 89.8 cm³/mol. The Hall–Kier alpha value is -0.610. The second-order valence-electron chi connectivity index (χ2n) is 7.59. The van der Waals surface area contributed by atoms with Crippen LogP contribution in [0.25, 0.3) is 0 Å². The molecule has 3 rings (SSSR count). The summed E-state index contributed by atoms with van der Waals surface area (Å²) in [6, 6.07) is 0. The van der Waals surface area contributed by atoms with Crippen molar-refractivity contribution in [2.24, 2.45) is 11.3 Å². The lowest BCUT2D eigenvalue weighted by Crippen LogP contribution is -2.47. The summed E-state index contributed by atoms with van der Waals surface area (Å²) in [4.78, 5) is 19.9. The molecule has 0 N–H and O–H groups in total. The number of likely N-dealkylation sites (tertiary alicyclic amines) is 3. The first-order valence-electron chi connectivity index (χ1n) is 9.41. The summed E-state index contributed by atoms with van der Waals surface area (Å²) in [5.74, 6) is 1.33. The van der Waals surface area contributed by atoms with Crippen molar-refractivity contribution in [3.05, 3.63) is 0 Å². The van der Waals surface area contributed by atoms with Crippen LogP contribution in [0.5, 0.6) is 0 Å². The fourth-order valence-electron chi connectivity index (χ4n) is 4.67. The van der Waals surface area contributed by atoms with E-state index in [1.54, 1.807) is 0 Å². The number of hydrogen-bond donors (Lipinski definition) is 0. The van der Waals surface area contributed by atoms with Gasteiger partial charge in [-0.2, -0.15) is 0 Å². The Morgan fingerprint density at radius 3 is 2.09 bits per heavy atom. The van der Waals surface area contributed by atoms with E-state index in [1.165, 1.54) is 39.0 Å². The summed E-state index contributed by atoms with van der Waals surface area (Å²) in [6.45, 7) is 13.6. The van der Waals surface area contributed by atoms with Gasteiger partial charge in [0.05, 0.1) is 5.41 Å². The van der Waals surface area contributed by atoms with Crippen LogP contribution in [0, 0.1) is 11.3 Å². The van der Waals surface area contributed by atoms with Crippen LogP contribution in [0.15, 0.2) is 0 Å². The lowest BCUT2D eigenvalue weighted by atomic mass is 9.77. The molecule has 3 aliphatic rings. The Morgan fingerprint density at radius 2 is 1.55 bits per heavy atom. The van der Waals surface area contributed by atoms with Gasteiger partial charge in [-0.1, -0.05) is 6.92 Å². The Bertz CT molecular complexity index is 382. The standard InChI is InChI=1S/C18H33N3O/c1-3-19-10-5-16(6-11-19)15-20-12-7-18(8-13-20)9-14-21(4-2)17(18)22/h16H,3-15H2,1-2H3. The predicted octanol–water partition coefficient (Wildman–Crippen LogP) is 2.05. The third-order valence-electron chi connectivity index (χ3n) is 6.47. The molecule has 1 spiro atoms. The Kier molecular flexibility index (Phi) is 5.08. The molecule has 0 atom stereocenters. The zero-order chi connectivity index (χ0) is 15.6. The highest BCUT2D eigenvalue weighted by atomic mass is 16.2. The number of piperidine rings is 2. The van der Waals surface area contributed by atoms with Gasteiger partial charge in [0.2, 0.25) is 5.91 Å². The Morgan fingerprint density at radius 1 is 0.909 bits per heavy atom. The molecule has 0 aromatic carbocycles. The Balaban J connectivity index is 1.46. The van der Waals surface area contributed by atoms with Gasteiger partial charge in [-0.05, 0) is 77.7 Å². The third kappa shape index (κ3) is 3.18. The first-order valence-corrected chi connectivity index (χ1v) is 9.41. The maximum atomic E-state index is 12.6. The summed E-state index contributed by atoms with van der Waals surface area (Å²) in [7, 11) is 0. The van der Waals surface area contributed by atoms with Crippen molar-refractivity contribution in [3.63, 3.8) is 0 Å². The van der Waals surface area contributed by atoms with Crippen molar-refractivity contribution >= 4 is 5.91 Å². The van der Waals surface area contributed by atoms with E-state index in [0.717, 1.165) is 51.4 Å². The molecule has 126 valence electrons. The van der Waals surface area contributed by atoms with Gasteiger partial charge in [-0.25, -0.2) is 0 Å². The van der Waals surface area contributed by atoms with Crippen LogP contribution in [0.4, 0.5) is 0 Å². The summed E-state index contributed by atoms with van der Waals surface area (Å²) in [5.41, 5.74) is 0.0120. The van der Waals surface area contributed by atoms with Gasteiger partial charge in [0.1, 0.15) is 0 Å². The fourth-order valence-corrected chi connectivity index (χ4v) is 4.67. The van der Waals surface area contributed by atoms with Gasteiger partial charge in [0.25, 0.3) is 0 Å². The van der Waals surface area contributed by atoms with E-state index in [2.05, 4.69) is 28.5 Å². The summed E-state index contributed by atoms with van der Waals surface area (Å²) >= 11 is 0. The van der Waals surface area contributed by atoms with E-state index in [9.17, 15) is 4.79 Å². The van der Waals surface area contributed by atoms with Gasteiger partial charge < -0.3 is 14.7 Å². The maximum absolute atomic E-state index is 12.6. The molecule has 0 aromatic rings. The van der Waals surface area contributed by atoms with E-state index in [0.29, 0.717) is 5.91 Å². The second kappa shape index (κ2) is 6.88. The number of nitrogens with zero attached hydrogens (tertiary/aromatic N) is 3. The van der Waals surface area contributed by atoms with Crippen molar-refractivity contribution < 1.29 is 4.79 Å². The molecule has 0 bridgehead atoms. The monoisotopic (exact) mass is 307 g/mol. The smallest absolute Gasteiger partial charge is 0.228 e. The maximum Gasteiger partial charge on any atom is 0.228 e. The van der Waals surface area contributed by atoms with Crippen molar-refractivity contribution in [2.75, 3.05) is 52.4 Å². The molecule has 0 radical (unpaired) electrons. The van der Waals surface area contributed by atoms with Crippen molar-refractivity contribution in [1.82, 2.24) is 14.7 Å². The van der Waals surface area contributed by atoms with Gasteiger partial charge in [-0.3, -0.25) is 4.79 Å². The lowest BCUT2D eigenvalue weighted by molar-refractivity contribution is -0.138. The average Bonchev–Trinajstić information content (AvgIpc) is 2.87. The molecule has 3 heterocycles. The fraction of sp³-hybridized carbons (Fsp3) is 0.944. The first-order chi connectivity index (χ1) is 10.7. The van der Waals surface area contributed by atoms with Crippen LogP contribution < -0.4 is 0 Å². The van der Waals surface area contributed by atoms with Crippen LogP contribution >= 0.6 is 0 Å². The minimum atomic E-state index is 0.0120. The third-order valence-corrected chi connectivity index (χ3v) is 6.47. The van der Waals surface area contributed by atoms with Crippen LogP contribution in [-0.4, -0.2) is 73.0 Å². The van der Waals surface area contributed by atoms with Crippen LogP contribution in [0.3, 0.4) is 0 Å². The summed E-state index contributed by atoms with van der Waals surface area (Å²) < 4.78 is 0. The van der Waals surface area contributed by atoms with Gasteiger partial charge >= 0.3 is 0 Å². The van der Waals surface area contributed by atoms with Crippen LogP contribution in [0.1, 0.15) is 46.0 Å². The molecule has 3 aliphatic heterocycles. The van der Waals surface area contributed by atoms with E-state index >= 15 is 0 Å². The molecule has 4 heteroatoms. The Labute approximate surface area is 135 Å². The van der Waals surface area contributed by atoms with Gasteiger partial charge in [0.15, 0.2) is 0 Å². The zero-order valence-corrected chi connectivity index (χ0v) is 14.5. The number of carbonyl (C=O) groups excluding carboxylic acids is 1. The van der Waals surface area contributed by atoms with E-state index in [-0.39, 0.29) is 5.41 Å². The van der Waals surface area contributed by atoms with E-state index in [4.69, 9.17) is 0 Å². The quantitative estimate of drug-likeness (QED) is 0.795. The number of hydrogen-bond acceptors (Lipinski definition) is 3. The lowest BCUT2D eigenvalue weighted by Gasteiger charge is -2.40. The minimum Gasteiger partial charge on any atom is -0.342 e. The number of carbonyl (C=O) groups is 1. The molecule has 0 saturated carbocycles. The van der Waals surface area contributed by atoms with Crippen molar-refractivity contribution in [1.29, 1.82) is 0 Å². The molecular weight excluding hydrogens is 274 g/mol. The van der Waals surface area contributed by atoms with Gasteiger partial charge in [-0.15, -0.1) is 0 Å². The molecular formula is C18H33N3O. The first kappa shape index (κ1) is 16.3. The SMILES string of the molecule is CCN1CCC(CN2CCC3(CC2)CCN(CC)C3=O)CC1. The zero-order valence-electron chi connectivity index (χ0n) is 14.5. The molecule has 1 amide bonds. The molecule has 0 aliphatic carbocycles. The molecule has 3 fully saturated rings. The van der Waals surface area contributed by atoms with E-state index < -0.39 is 0 Å². The highest BCUT2D eigenvalue weighted by molar-refractivity contribution is 5.85. The highest BCUT2D eigenvalue weighted by Crippen LogP contribution is 2.41. The minimum absolute atomic E-state index is 0.0120. The normalized spacial score (nSPS) is 27.9. The summed E-state index contributed by atoms with van der Waals surface area (Å²) in [6.07, 6.45) is 6.00. The van der Waals surface area contributed by atoms with Gasteiger partial charge in [0, 0.05) is 19.6 Å². The van der Waals surface area contributed by atoms with Crippen molar-refractivity contribution in [2.45, 2.75) is 46.0 Å². The molecule has 22 heavy (non-hydrogen) atoms. The molecule has 0 unspecified atom stereocenters. The second-order valence-corrected chi connectivity index (χ2v) is 7.59. The molecule has 4 nitrogen and oxygen atoms in total. The highest BCUT2D eigenvalue weighted by Gasteiger charge is 2.47. The molecule has 0 aromatic heterocycles. The topological polar surface area (TPSA) is 26.8 Å².